The number of nitrogens with zero attached hydrogens (tertiary/aromatic N) is 2. The first kappa shape index (κ1) is 9.22. The van der Waals surface area contributed by atoms with Crippen LogP contribution in [0.25, 0.3) is 0 Å². The lowest BCUT2D eigenvalue weighted by molar-refractivity contribution is 0.0848. The molecule has 4 nitrogen and oxygen atoms in total. The van der Waals surface area contributed by atoms with Gasteiger partial charge in [-0.25, -0.2) is 0 Å². The van der Waals surface area contributed by atoms with Crippen LogP contribution in [0.4, 0.5) is 0 Å². The van der Waals surface area contributed by atoms with Gasteiger partial charge in [0.15, 0.2) is 0 Å². The van der Waals surface area contributed by atoms with Crippen molar-refractivity contribution in [2.24, 2.45) is 0 Å². The molecule has 1 aromatic rings. The summed E-state index contributed by atoms with van der Waals surface area (Å²) in [6, 6.07) is 2.05. The Morgan fingerprint density at radius 3 is 3.00 bits per heavy atom. The number of nitrogens with one attached hydrogen (secondary N) is 1. The summed E-state index contributed by atoms with van der Waals surface area (Å²) in [4.78, 5) is 4.76. The summed E-state index contributed by atoms with van der Waals surface area (Å²) >= 11 is 0. The highest BCUT2D eigenvalue weighted by atomic mass is 16.6. The van der Waals surface area contributed by atoms with Crippen LogP contribution in [0.3, 0.4) is 0 Å². The molecular weight excluding hydrogens is 154 g/mol. The van der Waals surface area contributed by atoms with Crippen LogP contribution in [-0.4, -0.2) is 16.9 Å². The summed E-state index contributed by atoms with van der Waals surface area (Å²) < 4.78 is 1.96. The van der Waals surface area contributed by atoms with Gasteiger partial charge in [-0.2, -0.15) is 10.6 Å². The number of aromatic nitrogens is 2. The maximum absolute atomic E-state index is 4.76. The second kappa shape index (κ2) is 4.23. The van der Waals surface area contributed by atoms with Crippen molar-refractivity contribution in [1.82, 2.24) is 15.3 Å². The molecule has 0 radical (unpaired) electrons. The first-order chi connectivity index (χ1) is 5.77. The molecule has 0 atom stereocenters. The molecule has 0 aliphatic heterocycles. The smallest absolute Gasteiger partial charge is 0.0630 e. The van der Waals surface area contributed by atoms with E-state index in [0.717, 1.165) is 17.9 Å². The van der Waals surface area contributed by atoms with Crippen molar-refractivity contribution in [3.63, 3.8) is 0 Å². The quantitative estimate of drug-likeness (QED) is 0.679. The van der Waals surface area contributed by atoms with Crippen LogP contribution in [0.1, 0.15) is 18.3 Å². The standard InChI is InChI=1S/C8H15N3O/c1-4-11-8(6-9-12-3)5-7(2)10-11/h5,9H,4,6H2,1-3H3. The Bertz CT molecular complexity index is 244. The lowest BCUT2D eigenvalue weighted by atomic mass is 10.4. The van der Waals surface area contributed by atoms with Gasteiger partial charge in [-0.15, -0.1) is 0 Å². The Kier molecular flexibility index (Phi) is 3.25. The highest BCUT2D eigenvalue weighted by molar-refractivity contribution is 5.08. The predicted molar refractivity (Wildman–Crippen MR) is 46.5 cm³/mol. The van der Waals surface area contributed by atoms with Gasteiger partial charge in [0.1, 0.15) is 0 Å². The van der Waals surface area contributed by atoms with Crippen molar-refractivity contribution in [3.05, 3.63) is 17.5 Å². The Hall–Kier alpha value is -0.870. The fraction of sp³-hybridized carbons (Fsp3) is 0.625. The SMILES string of the molecule is CCn1nc(C)cc1CNOC. The molecular formula is C8H15N3O. The average molecular weight is 169 g/mol. The van der Waals surface area contributed by atoms with Crippen molar-refractivity contribution in [2.75, 3.05) is 7.11 Å². The van der Waals surface area contributed by atoms with Crippen LogP contribution >= 0.6 is 0 Å². The van der Waals surface area contributed by atoms with E-state index >= 15 is 0 Å². The molecule has 1 rings (SSSR count). The van der Waals surface area contributed by atoms with Crippen LogP contribution in [-0.2, 0) is 17.9 Å². The minimum atomic E-state index is 0.700. The summed E-state index contributed by atoms with van der Waals surface area (Å²) in [7, 11) is 1.61. The molecule has 0 aliphatic rings. The van der Waals surface area contributed by atoms with Crippen LogP contribution in [0.2, 0.25) is 0 Å². The minimum Gasteiger partial charge on any atom is -0.305 e. The molecule has 0 spiro atoms. The molecule has 12 heavy (non-hydrogen) atoms. The highest BCUT2D eigenvalue weighted by Gasteiger charge is 2.01. The maximum Gasteiger partial charge on any atom is 0.0630 e. The summed E-state index contributed by atoms with van der Waals surface area (Å²) in [5.41, 5.74) is 4.99. The monoisotopic (exact) mass is 169 g/mol. The predicted octanol–water partition coefficient (Wildman–Crippen LogP) is 0.862. The van der Waals surface area contributed by atoms with Crippen molar-refractivity contribution in [1.29, 1.82) is 0 Å². The third-order valence-corrected chi connectivity index (χ3v) is 1.68. The van der Waals surface area contributed by atoms with E-state index in [4.69, 9.17) is 4.84 Å². The second-order valence-electron chi connectivity index (χ2n) is 2.62. The number of rotatable bonds is 4. The normalized spacial score (nSPS) is 10.6. The molecule has 0 bridgehead atoms. The number of hydrogen-bond donors (Lipinski definition) is 1. The third-order valence-electron chi connectivity index (χ3n) is 1.68. The molecule has 0 saturated heterocycles. The van der Waals surface area contributed by atoms with E-state index in [0.29, 0.717) is 6.54 Å². The molecule has 0 aromatic carbocycles. The van der Waals surface area contributed by atoms with Crippen LogP contribution in [0.5, 0.6) is 0 Å². The van der Waals surface area contributed by atoms with E-state index < -0.39 is 0 Å². The molecule has 0 aliphatic carbocycles. The molecule has 0 saturated carbocycles. The largest absolute Gasteiger partial charge is 0.305 e. The van der Waals surface area contributed by atoms with Gasteiger partial charge in [-0.3, -0.25) is 4.68 Å². The van der Waals surface area contributed by atoms with Crippen molar-refractivity contribution >= 4 is 0 Å². The van der Waals surface area contributed by atoms with Crippen LogP contribution in [0, 0.1) is 6.92 Å². The van der Waals surface area contributed by atoms with Gasteiger partial charge in [-0.1, -0.05) is 0 Å². The van der Waals surface area contributed by atoms with Gasteiger partial charge in [0.25, 0.3) is 0 Å². The summed E-state index contributed by atoms with van der Waals surface area (Å²) in [6.45, 7) is 5.66. The molecule has 0 unspecified atom stereocenters. The maximum atomic E-state index is 4.76. The molecule has 1 heterocycles. The fourth-order valence-electron chi connectivity index (χ4n) is 1.16. The van der Waals surface area contributed by atoms with E-state index in [2.05, 4.69) is 23.6 Å². The lowest BCUT2D eigenvalue weighted by Gasteiger charge is -2.03. The van der Waals surface area contributed by atoms with Gasteiger partial charge >= 0.3 is 0 Å². The third kappa shape index (κ3) is 2.06. The highest BCUT2D eigenvalue weighted by Crippen LogP contribution is 2.02. The molecule has 1 aromatic heterocycles. The summed E-state index contributed by atoms with van der Waals surface area (Å²) in [5, 5.41) is 4.30. The molecule has 0 fully saturated rings. The van der Waals surface area contributed by atoms with E-state index in [1.165, 1.54) is 0 Å². The van der Waals surface area contributed by atoms with Gasteiger partial charge in [0, 0.05) is 6.54 Å². The molecule has 0 amide bonds. The Labute approximate surface area is 72.5 Å². The molecule has 4 heteroatoms. The van der Waals surface area contributed by atoms with E-state index in [-0.39, 0.29) is 0 Å². The van der Waals surface area contributed by atoms with E-state index in [1.54, 1.807) is 7.11 Å². The summed E-state index contributed by atoms with van der Waals surface area (Å²) in [5.74, 6) is 0. The van der Waals surface area contributed by atoms with E-state index in [1.807, 2.05) is 11.6 Å². The number of hydroxylamine groups is 1. The van der Waals surface area contributed by atoms with Gasteiger partial charge < -0.3 is 4.84 Å². The van der Waals surface area contributed by atoms with Crippen LogP contribution in [0.15, 0.2) is 6.07 Å². The van der Waals surface area contributed by atoms with Crippen molar-refractivity contribution < 1.29 is 4.84 Å². The average Bonchev–Trinajstić information content (AvgIpc) is 2.42. The van der Waals surface area contributed by atoms with E-state index in [9.17, 15) is 0 Å². The number of aryl methyl sites for hydroxylation is 2. The topological polar surface area (TPSA) is 39.1 Å². The first-order valence-corrected chi connectivity index (χ1v) is 4.07. The second-order valence-corrected chi connectivity index (χ2v) is 2.62. The van der Waals surface area contributed by atoms with Gasteiger partial charge in [0.2, 0.25) is 0 Å². The Morgan fingerprint density at radius 1 is 1.67 bits per heavy atom. The Balaban J connectivity index is 2.68. The van der Waals surface area contributed by atoms with Gasteiger partial charge in [0.05, 0.1) is 25.0 Å². The molecule has 68 valence electrons. The minimum absolute atomic E-state index is 0.700. The first-order valence-electron chi connectivity index (χ1n) is 4.07. The Morgan fingerprint density at radius 2 is 2.42 bits per heavy atom. The van der Waals surface area contributed by atoms with Crippen molar-refractivity contribution in [2.45, 2.75) is 26.9 Å². The number of hydrogen-bond acceptors (Lipinski definition) is 3. The van der Waals surface area contributed by atoms with Crippen molar-refractivity contribution in [3.8, 4) is 0 Å². The summed E-state index contributed by atoms with van der Waals surface area (Å²) in [6.07, 6.45) is 0. The van der Waals surface area contributed by atoms with Crippen LogP contribution < -0.4 is 5.48 Å². The molecule has 1 N–H and O–H groups in total. The zero-order valence-corrected chi connectivity index (χ0v) is 7.79. The fourth-order valence-corrected chi connectivity index (χ4v) is 1.16. The van der Waals surface area contributed by atoms with Gasteiger partial charge in [-0.05, 0) is 19.9 Å². The zero-order valence-electron chi connectivity index (χ0n) is 7.79. The lowest BCUT2D eigenvalue weighted by Crippen LogP contribution is -2.14. The zero-order chi connectivity index (χ0) is 8.97.